The molecule has 1 aliphatic heterocycles. The maximum absolute atomic E-state index is 11.0. The Morgan fingerprint density at radius 2 is 1.88 bits per heavy atom. The van der Waals surface area contributed by atoms with Crippen LogP contribution < -0.4 is 5.73 Å². The Bertz CT molecular complexity index is 240. The fraction of sp³-hybridized carbons (Fsp3) is 1.00. The molecule has 1 saturated heterocycles. The van der Waals surface area contributed by atoms with Crippen molar-refractivity contribution >= 4 is 11.8 Å². The van der Waals surface area contributed by atoms with E-state index in [-0.39, 0.29) is 5.54 Å². The average Bonchev–Trinajstić information content (AvgIpc) is 2.16. The minimum absolute atomic E-state index is 0.334. The first-order valence-corrected chi connectivity index (χ1v) is 7.70. The fourth-order valence-corrected chi connectivity index (χ4v) is 4.95. The van der Waals surface area contributed by atoms with Gasteiger partial charge < -0.3 is 10.8 Å². The summed E-state index contributed by atoms with van der Waals surface area (Å²) >= 11 is 1.91. The van der Waals surface area contributed by atoms with Gasteiger partial charge in [-0.05, 0) is 49.7 Å². The van der Waals surface area contributed by atoms with Gasteiger partial charge in [-0.3, -0.25) is 0 Å². The van der Waals surface area contributed by atoms with Crippen molar-refractivity contribution in [3.63, 3.8) is 0 Å². The minimum atomic E-state index is -0.614. The summed E-state index contributed by atoms with van der Waals surface area (Å²) in [6.45, 7) is 4.50. The van der Waals surface area contributed by atoms with Crippen LogP contribution in [0.2, 0.25) is 0 Å². The minimum Gasteiger partial charge on any atom is -0.388 e. The fourth-order valence-electron chi connectivity index (χ4n) is 3.68. The highest BCUT2D eigenvalue weighted by atomic mass is 32.2. The second-order valence-corrected chi connectivity index (χ2v) is 7.30. The second kappa shape index (κ2) is 4.51. The van der Waals surface area contributed by atoms with Gasteiger partial charge >= 0.3 is 0 Å². The molecule has 1 aliphatic carbocycles. The second-order valence-electron chi connectivity index (χ2n) is 6.20. The van der Waals surface area contributed by atoms with Crippen LogP contribution in [0.5, 0.6) is 0 Å². The van der Waals surface area contributed by atoms with E-state index in [1.807, 2.05) is 11.8 Å². The van der Waals surface area contributed by atoms with Crippen LogP contribution in [0.25, 0.3) is 0 Å². The van der Waals surface area contributed by atoms with E-state index in [1.54, 1.807) is 0 Å². The van der Waals surface area contributed by atoms with E-state index >= 15 is 0 Å². The van der Waals surface area contributed by atoms with E-state index in [1.165, 1.54) is 12.2 Å². The van der Waals surface area contributed by atoms with Gasteiger partial charge in [0.05, 0.1) is 11.1 Å². The van der Waals surface area contributed by atoms with Gasteiger partial charge in [-0.1, -0.05) is 13.8 Å². The number of hydrogen-bond donors (Lipinski definition) is 2. The Morgan fingerprint density at radius 1 is 1.25 bits per heavy atom. The molecule has 3 atom stereocenters. The summed E-state index contributed by atoms with van der Waals surface area (Å²) in [4.78, 5) is 0. The molecule has 0 aromatic heterocycles. The van der Waals surface area contributed by atoms with Gasteiger partial charge in [-0.2, -0.15) is 11.8 Å². The van der Waals surface area contributed by atoms with Crippen LogP contribution in [0.1, 0.15) is 46.0 Å². The summed E-state index contributed by atoms with van der Waals surface area (Å²) in [5.41, 5.74) is 5.57. The van der Waals surface area contributed by atoms with Crippen LogP contribution in [0, 0.1) is 11.8 Å². The van der Waals surface area contributed by atoms with Gasteiger partial charge in [0.15, 0.2) is 0 Å². The molecule has 3 heteroatoms. The molecule has 0 spiro atoms. The van der Waals surface area contributed by atoms with Crippen LogP contribution in [-0.2, 0) is 0 Å². The van der Waals surface area contributed by atoms with E-state index in [4.69, 9.17) is 5.73 Å². The van der Waals surface area contributed by atoms with Crippen molar-refractivity contribution in [1.82, 2.24) is 0 Å². The lowest BCUT2D eigenvalue weighted by atomic mass is 9.64. The SMILES string of the molecule is CC1CC(C)CC(O)(C2(N)CCCSC2)C1. The molecular weight excluding hydrogens is 218 g/mol. The average molecular weight is 243 g/mol. The molecule has 0 aromatic carbocycles. The third-order valence-electron chi connectivity index (χ3n) is 4.38. The normalized spacial score (nSPS) is 50.2. The van der Waals surface area contributed by atoms with Crippen molar-refractivity contribution < 1.29 is 5.11 Å². The largest absolute Gasteiger partial charge is 0.388 e. The zero-order chi connectivity index (χ0) is 11.8. The molecule has 0 aromatic rings. The molecule has 2 nitrogen and oxygen atoms in total. The Morgan fingerprint density at radius 3 is 2.38 bits per heavy atom. The summed E-state index contributed by atoms with van der Waals surface area (Å²) in [6.07, 6.45) is 5.19. The number of thioether (sulfide) groups is 1. The molecule has 0 bridgehead atoms. The van der Waals surface area contributed by atoms with E-state index in [9.17, 15) is 5.11 Å². The molecule has 2 rings (SSSR count). The zero-order valence-electron chi connectivity index (χ0n) is 10.5. The summed E-state index contributed by atoms with van der Waals surface area (Å²) in [5, 5.41) is 11.0. The van der Waals surface area contributed by atoms with Crippen LogP contribution in [-0.4, -0.2) is 27.8 Å². The van der Waals surface area contributed by atoms with Gasteiger partial charge in [0.2, 0.25) is 0 Å². The van der Waals surface area contributed by atoms with E-state index in [0.717, 1.165) is 31.4 Å². The van der Waals surface area contributed by atoms with Crippen LogP contribution in [0.15, 0.2) is 0 Å². The molecule has 16 heavy (non-hydrogen) atoms. The van der Waals surface area contributed by atoms with Crippen molar-refractivity contribution in [3.05, 3.63) is 0 Å². The highest BCUT2D eigenvalue weighted by molar-refractivity contribution is 7.99. The summed E-state index contributed by atoms with van der Waals surface area (Å²) < 4.78 is 0. The maximum Gasteiger partial charge on any atom is 0.0839 e. The molecule has 0 radical (unpaired) electrons. The van der Waals surface area contributed by atoms with E-state index in [2.05, 4.69) is 13.8 Å². The van der Waals surface area contributed by atoms with Gasteiger partial charge in [-0.15, -0.1) is 0 Å². The highest BCUT2D eigenvalue weighted by Crippen LogP contribution is 2.45. The zero-order valence-corrected chi connectivity index (χ0v) is 11.4. The first-order valence-electron chi connectivity index (χ1n) is 6.54. The molecule has 94 valence electrons. The quantitative estimate of drug-likeness (QED) is 0.743. The van der Waals surface area contributed by atoms with Crippen molar-refractivity contribution in [1.29, 1.82) is 0 Å². The van der Waals surface area contributed by atoms with E-state index < -0.39 is 5.60 Å². The molecule has 2 aliphatic rings. The Kier molecular flexibility index (Phi) is 3.58. The Balaban J connectivity index is 2.15. The molecule has 1 saturated carbocycles. The van der Waals surface area contributed by atoms with Crippen molar-refractivity contribution in [3.8, 4) is 0 Å². The lowest BCUT2D eigenvalue weighted by molar-refractivity contribution is -0.0866. The molecule has 3 N–H and O–H groups in total. The van der Waals surface area contributed by atoms with E-state index in [0.29, 0.717) is 11.8 Å². The molecule has 3 unspecified atom stereocenters. The first-order chi connectivity index (χ1) is 7.45. The predicted molar refractivity (Wildman–Crippen MR) is 70.6 cm³/mol. The van der Waals surface area contributed by atoms with Gasteiger partial charge in [0.25, 0.3) is 0 Å². The summed E-state index contributed by atoms with van der Waals surface area (Å²) in [7, 11) is 0. The standard InChI is InChI=1S/C13H25NOS/c1-10-6-11(2)8-13(15,7-10)12(14)4-3-5-16-9-12/h10-11,15H,3-9,14H2,1-2H3. The lowest BCUT2D eigenvalue weighted by Gasteiger charge is -2.51. The maximum atomic E-state index is 11.0. The summed E-state index contributed by atoms with van der Waals surface area (Å²) in [5.74, 6) is 3.37. The number of rotatable bonds is 1. The highest BCUT2D eigenvalue weighted by Gasteiger charge is 2.51. The van der Waals surface area contributed by atoms with Gasteiger partial charge in [-0.25, -0.2) is 0 Å². The molecule has 1 heterocycles. The Labute approximate surface area is 103 Å². The first kappa shape index (κ1) is 12.7. The Hall–Kier alpha value is 0.270. The smallest absolute Gasteiger partial charge is 0.0839 e. The van der Waals surface area contributed by atoms with Crippen molar-refractivity contribution in [2.24, 2.45) is 17.6 Å². The number of aliphatic hydroxyl groups is 1. The van der Waals surface area contributed by atoms with Crippen LogP contribution in [0.3, 0.4) is 0 Å². The number of nitrogens with two attached hydrogens (primary N) is 1. The summed E-state index contributed by atoms with van der Waals surface area (Å²) in [6, 6.07) is 0. The molecule has 0 amide bonds. The number of hydrogen-bond acceptors (Lipinski definition) is 3. The topological polar surface area (TPSA) is 46.2 Å². The van der Waals surface area contributed by atoms with Crippen molar-refractivity contribution in [2.45, 2.75) is 57.1 Å². The van der Waals surface area contributed by atoms with Crippen molar-refractivity contribution in [2.75, 3.05) is 11.5 Å². The predicted octanol–water partition coefficient (Wildman–Crippen LogP) is 2.40. The molecular formula is C13H25NOS. The molecule has 2 fully saturated rings. The van der Waals surface area contributed by atoms with Crippen LogP contribution in [0.4, 0.5) is 0 Å². The third kappa shape index (κ3) is 2.27. The van der Waals surface area contributed by atoms with Gasteiger partial charge in [0.1, 0.15) is 0 Å². The van der Waals surface area contributed by atoms with Crippen LogP contribution >= 0.6 is 11.8 Å². The monoisotopic (exact) mass is 243 g/mol. The lowest BCUT2D eigenvalue weighted by Crippen LogP contribution is -2.65. The van der Waals surface area contributed by atoms with Gasteiger partial charge in [0, 0.05) is 5.75 Å². The third-order valence-corrected chi connectivity index (χ3v) is 5.67.